The lowest BCUT2D eigenvalue weighted by atomic mass is 10.2. The number of nitrogens with one attached hydrogen (secondary N) is 5. The standard InChI is InChI=1S/2C18H20BrN5O3.3C16H16BrN5O3/c2*1-3-4-14(25)27-11(2)17(26)24-10-9-22-18(24)23-12-5-6-13-16(15(12)19)21-8-7-20-13;3*1-9(25-10(2)23)15(24)22-8-7-20-16(22)21-11-3-4-12-14(13(11)17)19-6-5-18-12/h2*5-8,11H,3-4,9-10H2,1-2H3,(H,22,23);3*3-6,9H,7-8H2,1-2H3,(H,20,21). The van der Waals surface area contributed by atoms with Crippen molar-refractivity contribution in [3.05, 3.63) is 145 Å². The number of rotatable bonds is 19. The van der Waals surface area contributed by atoms with Crippen LogP contribution in [-0.4, -0.2) is 259 Å². The van der Waals surface area contributed by atoms with E-state index < -0.39 is 48.4 Å². The van der Waals surface area contributed by atoms with Crippen molar-refractivity contribution in [2.75, 3.05) is 92.0 Å². The molecule has 5 amide bonds. The van der Waals surface area contributed by atoms with Crippen molar-refractivity contribution in [1.82, 2.24) is 74.3 Å². The van der Waals surface area contributed by atoms with Crippen LogP contribution in [0, 0.1) is 0 Å². The monoisotopic (exact) mass is 2080 g/mol. The zero-order valence-corrected chi connectivity index (χ0v) is 79.2. The van der Waals surface area contributed by atoms with Gasteiger partial charge in [0.2, 0.25) is 29.8 Å². The molecular formula is C84H88Br5N25O15. The molecule has 0 spiro atoms. The van der Waals surface area contributed by atoms with Gasteiger partial charge in [0, 0.05) is 128 Å². The maximum Gasteiger partial charge on any atom is 0.306 e. The highest BCUT2D eigenvalue weighted by atomic mass is 79.9. The predicted molar refractivity (Wildman–Crippen MR) is 499 cm³/mol. The first-order valence-corrected chi connectivity index (χ1v) is 44.4. The third-order valence-corrected chi connectivity index (χ3v) is 23.0. The van der Waals surface area contributed by atoms with Crippen LogP contribution in [0.15, 0.2) is 170 Å². The number of carbonyl (C=O) groups excluding carboxylic acids is 10. The molecule has 0 aliphatic carbocycles. The molecule has 5 unspecified atom stereocenters. The van der Waals surface area contributed by atoms with Crippen molar-refractivity contribution in [2.24, 2.45) is 25.0 Å². The largest absolute Gasteiger partial charge is 0.453 e. The summed E-state index contributed by atoms with van der Waals surface area (Å²) in [6, 6.07) is 18.4. The topological polar surface area (TPSA) is 484 Å². The molecule has 5 atom stereocenters. The maximum absolute atomic E-state index is 12.7. The van der Waals surface area contributed by atoms with Gasteiger partial charge in [-0.05, 0) is 188 Å². The van der Waals surface area contributed by atoms with Crippen LogP contribution < -0.4 is 26.6 Å². The highest BCUT2D eigenvalue weighted by molar-refractivity contribution is 9.11. The fraction of sp³-hybridized carbons (Fsp3) is 0.345. The summed E-state index contributed by atoms with van der Waals surface area (Å²) in [5, 5.41) is 15.8. The Labute approximate surface area is 780 Å². The van der Waals surface area contributed by atoms with Crippen LogP contribution in [-0.2, 0) is 71.6 Å². The Morgan fingerprint density at radius 3 is 0.651 bits per heavy atom. The van der Waals surface area contributed by atoms with E-state index in [2.05, 4.69) is 181 Å². The van der Waals surface area contributed by atoms with Crippen molar-refractivity contribution >= 4 is 252 Å². The van der Waals surface area contributed by atoms with Crippen molar-refractivity contribution in [1.29, 1.82) is 0 Å². The normalized spacial score (nSPS) is 14.9. The molecule has 0 radical (unpaired) electrons. The summed E-state index contributed by atoms with van der Waals surface area (Å²) in [7, 11) is 0. The van der Waals surface area contributed by atoms with Crippen LogP contribution in [0.25, 0.3) is 55.2 Å². The molecular weight excluding hydrogens is 2000 g/mol. The molecule has 45 heteroatoms. The van der Waals surface area contributed by atoms with Crippen LogP contribution in [0.3, 0.4) is 0 Å². The van der Waals surface area contributed by atoms with Crippen LogP contribution in [0.5, 0.6) is 0 Å². The molecule has 10 heterocycles. The number of fused-ring (bicyclic) bond motifs is 5. The van der Waals surface area contributed by atoms with Crippen molar-refractivity contribution < 1.29 is 71.6 Å². The summed E-state index contributed by atoms with van der Waals surface area (Å²) in [6.07, 6.45) is 13.8. The van der Waals surface area contributed by atoms with E-state index in [-0.39, 0.29) is 41.5 Å². The molecule has 0 saturated heterocycles. The molecule has 10 aromatic rings. The number of hydrogen-bond acceptors (Lipinski definition) is 35. The number of aromatic nitrogens is 10. The quantitative estimate of drug-likeness (QED) is 0.0371. The number of guanidine groups is 5. The first-order chi connectivity index (χ1) is 61.9. The lowest BCUT2D eigenvalue weighted by Gasteiger charge is -2.23. The van der Waals surface area contributed by atoms with Crippen molar-refractivity contribution in [3.63, 3.8) is 0 Å². The van der Waals surface area contributed by atoms with E-state index in [0.29, 0.717) is 166 Å². The number of hydrogen-bond donors (Lipinski definition) is 5. The first-order valence-electron chi connectivity index (χ1n) is 40.4. The summed E-state index contributed by atoms with van der Waals surface area (Å²) < 4.78 is 29.0. The average Bonchev–Trinajstić information content (AvgIpc) is 1.82. The second-order valence-corrected chi connectivity index (χ2v) is 32.3. The Morgan fingerprint density at radius 2 is 0.473 bits per heavy atom. The summed E-state index contributed by atoms with van der Waals surface area (Å²) in [5.74, 6) is -1.76. The van der Waals surface area contributed by atoms with Gasteiger partial charge in [-0.3, -0.25) is 147 Å². The van der Waals surface area contributed by atoms with Crippen molar-refractivity contribution in [3.8, 4) is 0 Å². The summed E-state index contributed by atoms with van der Waals surface area (Å²) in [6.45, 7) is 19.9. The van der Waals surface area contributed by atoms with E-state index in [1.807, 2.05) is 74.5 Å². The van der Waals surface area contributed by atoms with Gasteiger partial charge < -0.3 is 50.3 Å². The average molecular weight is 2090 g/mol. The van der Waals surface area contributed by atoms with Gasteiger partial charge in [-0.15, -0.1) is 0 Å². The van der Waals surface area contributed by atoms with Gasteiger partial charge >= 0.3 is 29.8 Å². The Morgan fingerprint density at radius 1 is 0.295 bits per heavy atom. The molecule has 5 aromatic heterocycles. The molecule has 5 N–H and O–H groups in total. The summed E-state index contributed by atoms with van der Waals surface area (Å²) >= 11 is 17.6. The van der Waals surface area contributed by atoms with Crippen LogP contribution >= 0.6 is 79.6 Å². The third kappa shape index (κ3) is 25.0. The highest BCUT2D eigenvalue weighted by Gasteiger charge is 2.36. The molecule has 674 valence electrons. The number of nitrogens with zero attached hydrogens (tertiary/aromatic N) is 20. The van der Waals surface area contributed by atoms with E-state index in [9.17, 15) is 47.9 Å². The number of esters is 5. The molecule has 0 fully saturated rings. The van der Waals surface area contributed by atoms with E-state index in [1.165, 1.54) is 45.3 Å². The molecule has 0 saturated carbocycles. The Balaban J connectivity index is 0.000000156. The zero-order valence-electron chi connectivity index (χ0n) is 71.3. The summed E-state index contributed by atoms with van der Waals surface area (Å²) in [4.78, 5) is 191. The number of amides is 5. The second-order valence-electron chi connectivity index (χ2n) is 28.4. The third-order valence-electron chi connectivity index (χ3n) is 19.0. The first kappa shape index (κ1) is 96.9. The van der Waals surface area contributed by atoms with Gasteiger partial charge in [0.25, 0.3) is 29.5 Å². The predicted octanol–water partition coefficient (Wildman–Crippen LogP) is 11.3. The van der Waals surface area contributed by atoms with Crippen LogP contribution in [0.2, 0.25) is 0 Å². The lowest BCUT2D eigenvalue weighted by Crippen LogP contribution is -2.44. The van der Waals surface area contributed by atoms with Gasteiger partial charge in [0.05, 0.1) is 111 Å². The number of aliphatic imine (C=N–C) groups is 5. The van der Waals surface area contributed by atoms with Gasteiger partial charge in [-0.2, -0.15) is 0 Å². The number of anilines is 5. The summed E-state index contributed by atoms with van der Waals surface area (Å²) in [5.41, 5.74) is 10.9. The van der Waals surface area contributed by atoms with E-state index >= 15 is 0 Å². The minimum atomic E-state index is -0.867. The zero-order chi connectivity index (χ0) is 92.7. The molecule has 15 rings (SSSR count). The van der Waals surface area contributed by atoms with Gasteiger partial charge in [0.1, 0.15) is 27.6 Å². The second kappa shape index (κ2) is 45.8. The highest BCUT2D eigenvalue weighted by Crippen LogP contribution is 2.35. The molecule has 129 heavy (non-hydrogen) atoms. The van der Waals surface area contributed by atoms with Gasteiger partial charge in [-0.1, -0.05) is 13.8 Å². The number of ether oxygens (including phenoxy) is 5. The van der Waals surface area contributed by atoms with Crippen molar-refractivity contribution in [2.45, 2.75) is 125 Å². The minimum absolute atomic E-state index is 0.294. The fourth-order valence-corrected chi connectivity index (χ4v) is 15.6. The fourth-order valence-electron chi connectivity index (χ4n) is 13.0. The van der Waals surface area contributed by atoms with Gasteiger partial charge in [-0.25, -0.2) is 0 Å². The lowest BCUT2D eigenvalue weighted by molar-refractivity contribution is -0.157. The van der Waals surface area contributed by atoms with Crippen LogP contribution in [0.4, 0.5) is 28.4 Å². The molecule has 5 aliphatic heterocycles. The molecule has 0 bridgehead atoms. The number of halogens is 5. The Bertz CT molecular complexity index is 5610. The number of benzene rings is 5. The molecule has 5 aromatic carbocycles. The Kier molecular flexibility index (Phi) is 34.4. The van der Waals surface area contributed by atoms with Gasteiger partial charge in [0.15, 0.2) is 30.5 Å². The molecule has 40 nitrogen and oxygen atoms in total. The maximum atomic E-state index is 12.7. The van der Waals surface area contributed by atoms with Crippen LogP contribution in [0.1, 0.15) is 94.9 Å². The Hall–Kier alpha value is -12.8. The minimum Gasteiger partial charge on any atom is -0.453 e. The SMILES string of the molecule is CC(=O)OC(C)C(=O)N1CCN=C1Nc1ccc2nccnc2c1Br.CC(=O)OC(C)C(=O)N1CCN=C1Nc1ccc2nccnc2c1Br.CC(=O)OC(C)C(=O)N1CCN=C1Nc1ccc2nccnc2c1Br.CCCC(=O)OC(C)C(=O)N1CCN=C1Nc1ccc2nccnc2c1Br.CCCC(=O)OC(C)C(=O)N1CCN=C1Nc1ccc2nccnc2c1Br. The van der Waals surface area contributed by atoms with E-state index in [0.717, 1.165) is 61.3 Å². The smallest absolute Gasteiger partial charge is 0.306 e. The molecule has 5 aliphatic rings. The van der Waals surface area contributed by atoms with E-state index in [4.69, 9.17) is 23.7 Å². The number of carbonyl (C=O) groups is 10. The van der Waals surface area contributed by atoms with E-state index in [1.54, 1.807) is 96.6 Å².